The number of rotatable bonds is 1. The van der Waals surface area contributed by atoms with E-state index in [1.165, 1.54) is 7.11 Å². The molecule has 0 radical (unpaired) electrons. The van der Waals surface area contributed by atoms with E-state index in [9.17, 15) is 9.59 Å². The van der Waals surface area contributed by atoms with Crippen molar-refractivity contribution in [2.75, 3.05) is 12.4 Å². The second-order valence-corrected chi connectivity index (χ2v) is 3.89. The molecule has 1 aliphatic rings. The van der Waals surface area contributed by atoms with Gasteiger partial charge in [0.2, 0.25) is 5.91 Å². The maximum absolute atomic E-state index is 12.1. The number of nitrogens with one attached hydrogen (secondary N) is 2. The van der Waals surface area contributed by atoms with Crippen molar-refractivity contribution in [1.82, 2.24) is 5.32 Å². The van der Waals surface area contributed by atoms with Crippen LogP contribution in [0.15, 0.2) is 12.1 Å². The van der Waals surface area contributed by atoms with Crippen molar-refractivity contribution < 1.29 is 14.3 Å². The number of carbonyl (C=O) groups excluding carboxylic acids is 2. The normalized spacial score (nSPS) is 17.9. The van der Waals surface area contributed by atoms with Gasteiger partial charge < -0.3 is 15.4 Å². The van der Waals surface area contributed by atoms with E-state index in [0.29, 0.717) is 17.0 Å². The van der Waals surface area contributed by atoms with Crippen molar-refractivity contribution in [2.45, 2.75) is 13.0 Å². The molecule has 0 saturated heterocycles. The molecule has 2 rings (SSSR count). The Morgan fingerprint density at radius 2 is 2.11 bits per heavy atom. The zero-order chi connectivity index (χ0) is 13.3. The third-order valence-electron chi connectivity index (χ3n) is 2.76. The number of methoxy groups -OCH3 is 1. The van der Waals surface area contributed by atoms with E-state index < -0.39 is 6.04 Å². The molecule has 0 aliphatic carbocycles. The number of ether oxygens (including phenoxy) is 1. The van der Waals surface area contributed by atoms with Crippen LogP contribution in [-0.2, 0) is 4.79 Å². The van der Waals surface area contributed by atoms with Crippen LogP contribution in [-0.4, -0.2) is 25.0 Å². The van der Waals surface area contributed by atoms with Gasteiger partial charge in [0.1, 0.15) is 17.4 Å². The molecule has 0 spiro atoms. The minimum atomic E-state index is -0.625. The monoisotopic (exact) mass is 244 g/mol. The SMILES string of the molecule is C#Cc1ccc(OC)c2c1NC(=O)C(C)NC2=O. The van der Waals surface area contributed by atoms with Gasteiger partial charge in [-0.25, -0.2) is 0 Å². The van der Waals surface area contributed by atoms with E-state index in [2.05, 4.69) is 16.6 Å². The standard InChI is InChI=1S/C13H12N2O3/c1-4-8-5-6-9(18-3)10-11(8)15-12(16)7(2)14-13(10)17/h1,5-7H,2-3H3,(H,14,17)(H,15,16). The predicted molar refractivity (Wildman–Crippen MR) is 66.5 cm³/mol. The van der Waals surface area contributed by atoms with Crippen LogP contribution in [0, 0.1) is 12.3 Å². The van der Waals surface area contributed by atoms with E-state index >= 15 is 0 Å². The number of carbonyl (C=O) groups is 2. The van der Waals surface area contributed by atoms with Crippen molar-refractivity contribution in [3.63, 3.8) is 0 Å². The lowest BCUT2D eigenvalue weighted by molar-refractivity contribution is -0.117. The Labute approximate surface area is 105 Å². The lowest BCUT2D eigenvalue weighted by atomic mass is 10.1. The van der Waals surface area contributed by atoms with E-state index in [1.54, 1.807) is 19.1 Å². The molecular formula is C13H12N2O3. The number of hydrogen-bond acceptors (Lipinski definition) is 3. The lowest BCUT2D eigenvalue weighted by Gasteiger charge is -2.11. The Hall–Kier alpha value is -2.48. The van der Waals surface area contributed by atoms with Crippen LogP contribution >= 0.6 is 0 Å². The van der Waals surface area contributed by atoms with Crippen molar-refractivity contribution in [1.29, 1.82) is 0 Å². The van der Waals surface area contributed by atoms with Gasteiger partial charge in [-0.05, 0) is 19.1 Å². The zero-order valence-corrected chi connectivity index (χ0v) is 10.0. The summed E-state index contributed by atoms with van der Waals surface area (Å²) >= 11 is 0. The first kappa shape index (κ1) is 12.0. The summed E-state index contributed by atoms with van der Waals surface area (Å²) in [5.74, 6) is 2.11. The van der Waals surface area contributed by atoms with Gasteiger partial charge in [-0.3, -0.25) is 9.59 Å². The zero-order valence-electron chi connectivity index (χ0n) is 10.0. The summed E-state index contributed by atoms with van der Waals surface area (Å²) in [6, 6.07) is 2.61. The van der Waals surface area contributed by atoms with E-state index in [1.807, 2.05) is 0 Å². The van der Waals surface area contributed by atoms with Crippen molar-refractivity contribution in [2.24, 2.45) is 0 Å². The summed E-state index contributed by atoms with van der Waals surface area (Å²) in [4.78, 5) is 23.8. The molecule has 5 nitrogen and oxygen atoms in total. The quantitative estimate of drug-likeness (QED) is 0.716. The predicted octanol–water partition coefficient (Wildman–Crippen LogP) is 0.747. The maximum atomic E-state index is 12.1. The number of fused-ring (bicyclic) bond motifs is 1. The largest absolute Gasteiger partial charge is 0.496 e. The Kier molecular flexibility index (Phi) is 2.94. The summed E-state index contributed by atoms with van der Waals surface area (Å²) in [7, 11) is 1.45. The fraction of sp³-hybridized carbons (Fsp3) is 0.231. The van der Waals surface area contributed by atoms with E-state index in [0.717, 1.165) is 0 Å². The van der Waals surface area contributed by atoms with Gasteiger partial charge in [0.15, 0.2) is 0 Å². The second kappa shape index (κ2) is 4.41. The van der Waals surface area contributed by atoms with Gasteiger partial charge >= 0.3 is 0 Å². The lowest BCUT2D eigenvalue weighted by Crippen LogP contribution is -2.38. The highest BCUT2D eigenvalue weighted by Crippen LogP contribution is 2.31. The molecule has 0 aromatic heterocycles. The smallest absolute Gasteiger partial charge is 0.257 e. The molecule has 1 aromatic rings. The Bertz CT molecular complexity index is 572. The maximum Gasteiger partial charge on any atom is 0.257 e. The van der Waals surface area contributed by atoms with Crippen molar-refractivity contribution in [3.05, 3.63) is 23.3 Å². The summed E-state index contributed by atoms with van der Waals surface area (Å²) in [5.41, 5.74) is 1.03. The first-order valence-corrected chi connectivity index (χ1v) is 5.37. The molecule has 1 atom stereocenters. The summed E-state index contributed by atoms with van der Waals surface area (Å²) < 4.78 is 5.13. The Morgan fingerprint density at radius 1 is 1.39 bits per heavy atom. The Balaban J connectivity index is 2.70. The molecule has 92 valence electrons. The topological polar surface area (TPSA) is 67.4 Å². The third kappa shape index (κ3) is 1.78. The average Bonchev–Trinajstić information content (AvgIpc) is 2.47. The number of anilines is 1. The molecule has 2 amide bonds. The molecule has 1 aromatic carbocycles. The van der Waals surface area contributed by atoms with Crippen LogP contribution in [0.3, 0.4) is 0 Å². The molecule has 5 heteroatoms. The molecule has 0 saturated carbocycles. The van der Waals surface area contributed by atoms with E-state index in [4.69, 9.17) is 11.2 Å². The highest BCUT2D eigenvalue weighted by molar-refractivity contribution is 6.12. The average molecular weight is 244 g/mol. The molecule has 0 fully saturated rings. The first-order valence-electron chi connectivity index (χ1n) is 5.37. The molecule has 2 N–H and O–H groups in total. The first-order chi connectivity index (χ1) is 8.58. The fourth-order valence-corrected chi connectivity index (χ4v) is 1.80. The molecule has 0 bridgehead atoms. The highest BCUT2D eigenvalue weighted by Gasteiger charge is 2.28. The van der Waals surface area contributed by atoms with Gasteiger partial charge in [-0.2, -0.15) is 0 Å². The van der Waals surface area contributed by atoms with Gasteiger partial charge in [-0.15, -0.1) is 6.42 Å². The number of terminal acetylenes is 1. The molecule has 1 heterocycles. The van der Waals surface area contributed by atoms with E-state index in [-0.39, 0.29) is 17.4 Å². The van der Waals surface area contributed by atoms with Gasteiger partial charge in [0, 0.05) is 5.56 Å². The number of benzene rings is 1. The van der Waals surface area contributed by atoms with Crippen molar-refractivity contribution >= 4 is 17.5 Å². The Morgan fingerprint density at radius 3 is 2.72 bits per heavy atom. The highest BCUT2D eigenvalue weighted by atomic mass is 16.5. The van der Waals surface area contributed by atoms with Crippen LogP contribution < -0.4 is 15.4 Å². The van der Waals surface area contributed by atoms with Gasteiger partial charge in [-0.1, -0.05) is 5.92 Å². The minimum absolute atomic E-state index is 0.255. The van der Waals surface area contributed by atoms with Crippen molar-refractivity contribution in [3.8, 4) is 18.1 Å². The van der Waals surface area contributed by atoms with Crippen LogP contribution in [0.5, 0.6) is 5.75 Å². The fourth-order valence-electron chi connectivity index (χ4n) is 1.80. The molecule has 1 unspecified atom stereocenters. The summed E-state index contributed by atoms with van der Waals surface area (Å²) in [6.45, 7) is 1.60. The van der Waals surface area contributed by atoms with Gasteiger partial charge in [0.25, 0.3) is 5.91 Å². The van der Waals surface area contributed by atoms with Crippen LogP contribution in [0.2, 0.25) is 0 Å². The molecular weight excluding hydrogens is 232 g/mol. The number of amides is 2. The van der Waals surface area contributed by atoms with Crippen LogP contribution in [0.4, 0.5) is 5.69 Å². The summed E-state index contributed by atoms with van der Waals surface area (Å²) in [5, 5.41) is 5.23. The minimum Gasteiger partial charge on any atom is -0.496 e. The van der Waals surface area contributed by atoms with Crippen LogP contribution in [0.25, 0.3) is 0 Å². The third-order valence-corrected chi connectivity index (χ3v) is 2.76. The second-order valence-electron chi connectivity index (χ2n) is 3.89. The summed E-state index contributed by atoms with van der Waals surface area (Å²) in [6.07, 6.45) is 5.37. The van der Waals surface area contributed by atoms with Gasteiger partial charge in [0.05, 0.1) is 12.8 Å². The molecule has 1 aliphatic heterocycles. The molecule has 18 heavy (non-hydrogen) atoms. The number of hydrogen-bond donors (Lipinski definition) is 2. The van der Waals surface area contributed by atoms with Crippen LogP contribution in [0.1, 0.15) is 22.8 Å².